The van der Waals surface area contributed by atoms with E-state index in [0.29, 0.717) is 18.1 Å². The molecule has 1 rings (SSSR count). The van der Waals surface area contributed by atoms with Crippen LogP contribution in [0, 0.1) is 5.92 Å². The van der Waals surface area contributed by atoms with Crippen molar-refractivity contribution in [3.8, 4) is 0 Å². The van der Waals surface area contributed by atoms with E-state index in [2.05, 4.69) is 13.8 Å². The van der Waals surface area contributed by atoms with Gasteiger partial charge in [-0.25, -0.2) is 4.79 Å². The van der Waals surface area contributed by atoms with Gasteiger partial charge < -0.3 is 9.47 Å². The fourth-order valence-corrected chi connectivity index (χ4v) is 2.12. The number of carbonyl (C=O) groups excluding carboxylic acids is 1. The first kappa shape index (κ1) is 16.7. The van der Waals surface area contributed by atoms with Crippen molar-refractivity contribution in [3.63, 3.8) is 0 Å². The molecule has 0 aliphatic heterocycles. The van der Waals surface area contributed by atoms with Crippen LogP contribution >= 0.6 is 0 Å². The highest BCUT2D eigenvalue weighted by atomic mass is 16.6. The summed E-state index contributed by atoms with van der Waals surface area (Å²) in [5.74, 6) is 0.351. The van der Waals surface area contributed by atoms with Crippen molar-refractivity contribution in [1.82, 2.24) is 0 Å². The van der Waals surface area contributed by atoms with E-state index in [0.717, 1.165) is 24.8 Å². The molecule has 0 saturated heterocycles. The topological polar surface area (TPSA) is 35.5 Å². The molecule has 0 amide bonds. The monoisotopic (exact) mass is 278 g/mol. The number of hydrogen-bond acceptors (Lipinski definition) is 3. The fourth-order valence-electron chi connectivity index (χ4n) is 2.12. The molecule has 0 N–H and O–H groups in total. The van der Waals surface area contributed by atoms with Crippen LogP contribution in [0.5, 0.6) is 0 Å². The third kappa shape index (κ3) is 5.33. The first-order valence-electron chi connectivity index (χ1n) is 7.36. The van der Waals surface area contributed by atoms with Crippen LogP contribution < -0.4 is 0 Å². The van der Waals surface area contributed by atoms with Crippen LogP contribution in [0.2, 0.25) is 0 Å². The second-order valence-corrected chi connectivity index (χ2v) is 5.46. The lowest BCUT2D eigenvalue weighted by atomic mass is 10.0. The molecule has 0 aliphatic rings. The lowest BCUT2D eigenvalue weighted by Gasteiger charge is -2.19. The van der Waals surface area contributed by atoms with Crippen molar-refractivity contribution in [3.05, 3.63) is 35.4 Å². The summed E-state index contributed by atoms with van der Waals surface area (Å²) in [6, 6.07) is 7.61. The van der Waals surface area contributed by atoms with Gasteiger partial charge in [0.05, 0.1) is 12.2 Å². The summed E-state index contributed by atoms with van der Waals surface area (Å²) in [5, 5.41) is 0. The van der Waals surface area contributed by atoms with Crippen molar-refractivity contribution in [2.45, 2.75) is 46.1 Å². The molecule has 0 heterocycles. The maximum absolute atomic E-state index is 12.3. The van der Waals surface area contributed by atoms with Crippen LogP contribution in [0.25, 0.3) is 0 Å². The molecule has 0 radical (unpaired) electrons. The quantitative estimate of drug-likeness (QED) is 0.677. The molecule has 0 spiro atoms. The van der Waals surface area contributed by atoms with Crippen LogP contribution in [-0.4, -0.2) is 25.8 Å². The zero-order valence-corrected chi connectivity index (χ0v) is 13.0. The standard InChI is InChI=1S/C17H26O3/c1-5-14-8-6-7-9-16(14)17(18)20-15(12-19-4)11-10-13(2)3/h6-9,13,15H,5,10-12H2,1-4H3. The average molecular weight is 278 g/mol. The molecular formula is C17H26O3. The van der Waals surface area contributed by atoms with Gasteiger partial charge in [0, 0.05) is 7.11 Å². The predicted molar refractivity (Wildman–Crippen MR) is 81.0 cm³/mol. The number of hydrogen-bond donors (Lipinski definition) is 0. The van der Waals surface area contributed by atoms with Crippen LogP contribution in [-0.2, 0) is 15.9 Å². The Morgan fingerprint density at radius 3 is 2.50 bits per heavy atom. The van der Waals surface area contributed by atoms with Gasteiger partial charge in [0.1, 0.15) is 6.10 Å². The van der Waals surface area contributed by atoms with Gasteiger partial charge in [-0.05, 0) is 36.8 Å². The van der Waals surface area contributed by atoms with Gasteiger partial charge in [0.15, 0.2) is 0 Å². The molecule has 0 aromatic heterocycles. The summed E-state index contributed by atoms with van der Waals surface area (Å²) in [7, 11) is 1.64. The zero-order chi connectivity index (χ0) is 15.0. The average Bonchev–Trinajstić information content (AvgIpc) is 2.44. The van der Waals surface area contributed by atoms with E-state index < -0.39 is 0 Å². The molecule has 0 aliphatic carbocycles. The molecule has 20 heavy (non-hydrogen) atoms. The largest absolute Gasteiger partial charge is 0.456 e. The van der Waals surface area contributed by atoms with Gasteiger partial charge in [0.25, 0.3) is 0 Å². The fraction of sp³-hybridized carbons (Fsp3) is 0.588. The third-order valence-corrected chi connectivity index (χ3v) is 3.31. The van der Waals surface area contributed by atoms with Crippen molar-refractivity contribution in [2.24, 2.45) is 5.92 Å². The SMILES string of the molecule is CCc1ccccc1C(=O)OC(CCC(C)C)COC. The first-order valence-corrected chi connectivity index (χ1v) is 7.36. The van der Waals surface area contributed by atoms with Crippen LogP contribution in [0.15, 0.2) is 24.3 Å². The van der Waals surface area contributed by atoms with Gasteiger partial charge in [-0.15, -0.1) is 0 Å². The molecule has 1 aromatic carbocycles. The Hall–Kier alpha value is -1.35. The molecule has 0 bridgehead atoms. The number of rotatable bonds is 8. The molecule has 1 atom stereocenters. The Labute approximate surface area is 122 Å². The van der Waals surface area contributed by atoms with E-state index in [1.807, 2.05) is 31.2 Å². The number of methoxy groups -OCH3 is 1. The van der Waals surface area contributed by atoms with E-state index in [-0.39, 0.29) is 12.1 Å². The Bertz CT molecular complexity index is 412. The molecule has 3 nitrogen and oxygen atoms in total. The van der Waals surface area contributed by atoms with Crippen LogP contribution in [0.1, 0.15) is 49.5 Å². The Morgan fingerprint density at radius 2 is 1.90 bits per heavy atom. The number of aryl methyl sites for hydroxylation is 1. The van der Waals surface area contributed by atoms with Crippen molar-refractivity contribution in [2.75, 3.05) is 13.7 Å². The molecule has 1 aromatic rings. The highest BCUT2D eigenvalue weighted by molar-refractivity contribution is 5.91. The summed E-state index contributed by atoms with van der Waals surface area (Å²) in [4.78, 5) is 12.3. The molecule has 0 fully saturated rings. The first-order chi connectivity index (χ1) is 9.58. The minimum absolute atomic E-state index is 0.167. The van der Waals surface area contributed by atoms with Crippen molar-refractivity contribution >= 4 is 5.97 Å². The predicted octanol–water partition coefficient (Wildman–Crippen LogP) is 3.86. The van der Waals surface area contributed by atoms with E-state index in [9.17, 15) is 4.79 Å². The number of ether oxygens (including phenoxy) is 2. The van der Waals surface area contributed by atoms with Crippen LogP contribution in [0.4, 0.5) is 0 Å². The summed E-state index contributed by atoms with van der Waals surface area (Å²) in [5.41, 5.74) is 1.69. The minimum atomic E-state index is -0.242. The summed E-state index contributed by atoms with van der Waals surface area (Å²) < 4.78 is 10.8. The van der Waals surface area contributed by atoms with Gasteiger partial charge in [-0.1, -0.05) is 39.0 Å². The summed E-state index contributed by atoms with van der Waals surface area (Å²) in [6.45, 7) is 6.82. The van der Waals surface area contributed by atoms with E-state index >= 15 is 0 Å². The highest BCUT2D eigenvalue weighted by Crippen LogP contribution is 2.15. The molecule has 112 valence electrons. The smallest absolute Gasteiger partial charge is 0.338 e. The molecular weight excluding hydrogens is 252 g/mol. The highest BCUT2D eigenvalue weighted by Gasteiger charge is 2.18. The maximum Gasteiger partial charge on any atom is 0.338 e. The van der Waals surface area contributed by atoms with Gasteiger partial charge >= 0.3 is 5.97 Å². The molecule has 3 heteroatoms. The maximum atomic E-state index is 12.3. The zero-order valence-electron chi connectivity index (χ0n) is 13.0. The second kappa shape index (κ2) is 8.75. The lowest BCUT2D eigenvalue weighted by molar-refractivity contribution is 0.00147. The Kier molecular flexibility index (Phi) is 7.31. The van der Waals surface area contributed by atoms with Gasteiger partial charge in [-0.3, -0.25) is 0 Å². The van der Waals surface area contributed by atoms with E-state index in [1.165, 1.54) is 0 Å². The summed E-state index contributed by atoms with van der Waals surface area (Å²) >= 11 is 0. The number of carbonyl (C=O) groups is 1. The van der Waals surface area contributed by atoms with Crippen molar-refractivity contribution in [1.29, 1.82) is 0 Å². The number of esters is 1. The second-order valence-electron chi connectivity index (χ2n) is 5.46. The van der Waals surface area contributed by atoms with Crippen LogP contribution in [0.3, 0.4) is 0 Å². The normalized spacial score (nSPS) is 12.4. The van der Waals surface area contributed by atoms with Crippen molar-refractivity contribution < 1.29 is 14.3 Å². The van der Waals surface area contributed by atoms with Gasteiger partial charge in [-0.2, -0.15) is 0 Å². The Balaban J connectivity index is 2.69. The number of benzene rings is 1. The molecule has 1 unspecified atom stereocenters. The Morgan fingerprint density at radius 1 is 1.20 bits per heavy atom. The molecule has 0 saturated carbocycles. The summed E-state index contributed by atoms with van der Waals surface area (Å²) in [6.07, 6.45) is 2.52. The minimum Gasteiger partial charge on any atom is -0.456 e. The lowest BCUT2D eigenvalue weighted by Crippen LogP contribution is -2.24. The van der Waals surface area contributed by atoms with E-state index in [1.54, 1.807) is 7.11 Å². The van der Waals surface area contributed by atoms with Gasteiger partial charge in [0.2, 0.25) is 0 Å². The third-order valence-electron chi connectivity index (χ3n) is 3.31. The van der Waals surface area contributed by atoms with E-state index in [4.69, 9.17) is 9.47 Å².